The number of hydrogen-bond donors (Lipinski definition) is 3. The van der Waals surface area contributed by atoms with Crippen molar-refractivity contribution in [2.75, 3.05) is 6.54 Å². The predicted molar refractivity (Wildman–Crippen MR) is 184 cm³/mol. The Hall–Kier alpha value is -1.89. The molecule has 44 heavy (non-hydrogen) atoms. The number of carbonyl (C=O) groups is 3. The molecular formula is C37H70N2O5. The van der Waals surface area contributed by atoms with Gasteiger partial charge in [0.05, 0.1) is 0 Å². The van der Waals surface area contributed by atoms with Gasteiger partial charge in [-0.1, -0.05) is 116 Å². The predicted octanol–water partition coefficient (Wildman–Crippen LogP) is 9.55. The van der Waals surface area contributed by atoms with Gasteiger partial charge in [-0.05, 0) is 77.2 Å². The molecule has 0 aromatic rings. The Morgan fingerprint density at radius 3 is 1.73 bits per heavy atom. The summed E-state index contributed by atoms with van der Waals surface area (Å²) in [7, 11) is 0. The third kappa shape index (κ3) is 28.9. The quantitative estimate of drug-likeness (QED) is 0.0381. The van der Waals surface area contributed by atoms with E-state index in [1.807, 2.05) is 0 Å². The van der Waals surface area contributed by atoms with E-state index in [-0.39, 0.29) is 18.0 Å². The zero-order valence-electron chi connectivity index (χ0n) is 28.8. The Balaban J connectivity index is 4.33. The number of nitrogens with one attached hydrogen (secondary N) is 1. The number of allylic oxidation sites excluding steroid dienone is 2. The summed E-state index contributed by atoms with van der Waals surface area (Å²) in [5, 5.41) is 11.9. The number of esters is 1. The lowest BCUT2D eigenvalue weighted by Gasteiger charge is -2.18. The monoisotopic (exact) mass is 623 g/mol. The Morgan fingerprint density at radius 1 is 0.636 bits per heavy atom. The molecule has 0 aliphatic heterocycles. The van der Waals surface area contributed by atoms with E-state index in [4.69, 9.17) is 10.5 Å². The minimum Gasteiger partial charge on any atom is -0.480 e. The van der Waals surface area contributed by atoms with Crippen molar-refractivity contribution in [3.63, 3.8) is 0 Å². The zero-order chi connectivity index (χ0) is 32.5. The summed E-state index contributed by atoms with van der Waals surface area (Å²) >= 11 is 0. The average Bonchev–Trinajstić information content (AvgIpc) is 3.00. The van der Waals surface area contributed by atoms with Crippen LogP contribution in [0.2, 0.25) is 0 Å². The smallest absolute Gasteiger partial charge is 0.326 e. The maximum Gasteiger partial charge on any atom is 0.326 e. The summed E-state index contributed by atoms with van der Waals surface area (Å²) in [6.45, 7) is 4.90. The van der Waals surface area contributed by atoms with Crippen molar-refractivity contribution < 1.29 is 24.2 Å². The van der Waals surface area contributed by atoms with Crippen molar-refractivity contribution in [1.82, 2.24) is 5.32 Å². The Morgan fingerprint density at radius 2 is 1.14 bits per heavy atom. The molecule has 0 aliphatic carbocycles. The third-order valence-electron chi connectivity index (χ3n) is 8.33. The summed E-state index contributed by atoms with van der Waals surface area (Å²) in [6.07, 6.45) is 32.5. The van der Waals surface area contributed by atoms with E-state index in [1.54, 1.807) is 0 Å². The number of carbonyl (C=O) groups excluding carboxylic acids is 2. The molecule has 0 spiro atoms. The number of amides is 1. The Bertz CT molecular complexity index is 712. The number of ether oxygens (including phenoxy) is 1. The number of hydrogen-bond acceptors (Lipinski definition) is 5. The fourth-order valence-corrected chi connectivity index (χ4v) is 5.51. The van der Waals surface area contributed by atoms with Gasteiger partial charge in [-0.3, -0.25) is 9.59 Å². The standard InChI is InChI=1S/C37H70N2O5/c1-3-5-7-9-11-12-13-14-16-18-22-27-33(44-36(41)31-25-21-15-10-8-6-4-2)28-23-19-17-20-24-30-35(40)39-34(37(42)43)29-26-32-38/h14,16,33-34H,3-13,15,17-32,38H2,1-2H3,(H,39,40)(H,42,43)/b16-14-. The van der Waals surface area contributed by atoms with Crippen LogP contribution in [0.1, 0.15) is 187 Å². The van der Waals surface area contributed by atoms with Crippen LogP contribution in [0, 0.1) is 0 Å². The van der Waals surface area contributed by atoms with Gasteiger partial charge in [0.2, 0.25) is 5.91 Å². The molecule has 0 fully saturated rings. The molecule has 0 heterocycles. The summed E-state index contributed by atoms with van der Waals surface area (Å²) in [5.74, 6) is -1.25. The molecule has 2 unspecified atom stereocenters. The van der Waals surface area contributed by atoms with Crippen LogP contribution in [-0.4, -0.2) is 41.6 Å². The van der Waals surface area contributed by atoms with Crippen LogP contribution in [0.3, 0.4) is 0 Å². The minimum absolute atomic E-state index is 0.00808. The SMILES string of the molecule is CCCCCCCC/C=C\CCCC(CCCCCCCC(=O)NC(CCCN)C(=O)O)OC(=O)CCCCCCCCC. The van der Waals surface area contributed by atoms with Crippen molar-refractivity contribution in [2.45, 2.75) is 199 Å². The van der Waals surface area contributed by atoms with Crippen LogP contribution < -0.4 is 11.1 Å². The number of rotatable bonds is 33. The lowest BCUT2D eigenvalue weighted by Crippen LogP contribution is -2.40. The highest BCUT2D eigenvalue weighted by atomic mass is 16.5. The van der Waals surface area contributed by atoms with E-state index < -0.39 is 12.0 Å². The second-order valence-corrected chi connectivity index (χ2v) is 12.6. The van der Waals surface area contributed by atoms with Gasteiger partial charge in [0.1, 0.15) is 12.1 Å². The fourth-order valence-electron chi connectivity index (χ4n) is 5.51. The van der Waals surface area contributed by atoms with Gasteiger partial charge >= 0.3 is 11.9 Å². The van der Waals surface area contributed by atoms with Gasteiger partial charge in [0.15, 0.2) is 0 Å². The van der Waals surface area contributed by atoms with E-state index in [0.717, 1.165) is 70.6 Å². The first-order valence-electron chi connectivity index (χ1n) is 18.5. The van der Waals surface area contributed by atoms with Crippen LogP contribution >= 0.6 is 0 Å². The first-order valence-corrected chi connectivity index (χ1v) is 18.5. The molecule has 0 aromatic heterocycles. The molecule has 0 saturated heterocycles. The Labute approximate surface area is 270 Å². The second-order valence-electron chi connectivity index (χ2n) is 12.6. The molecule has 0 aliphatic rings. The van der Waals surface area contributed by atoms with E-state index in [2.05, 4.69) is 31.3 Å². The first kappa shape index (κ1) is 42.1. The zero-order valence-corrected chi connectivity index (χ0v) is 28.8. The molecule has 0 rings (SSSR count). The lowest BCUT2D eigenvalue weighted by atomic mass is 10.0. The topological polar surface area (TPSA) is 119 Å². The van der Waals surface area contributed by atoms with Gasteiger partial charge < -0.3 is 20.9 Å². The number of nitrogens with two attached hydrogens (primary N) is 1. The molecule has 0 bridgehead atoms. The molecular weight excluding hydrogens is 552 g/mol. The van der Waals surface area contributed by atoms with Crippen molar-refractivity contribution >= 4 is 17.8 Å². The molecule has 258 valence electrons. The number of unbranched alkanes of at least 4 members (excludes halogenated alkanes) is 17. The minimum atomic E-state index is -1.01. The summed E-state index contributed by atoms with van der Waals surface area (Å²) in [5.41, 5.74) is 5.46. The summed E-state index contributed by atoms with van der Waals surface area (Å²) < 4.78 is 5.96. The van der Waals surface area contributed by atoms with Gasteiger partial charge in [-0.25, -0.2) is 4.79 Å². The summed E-state index contributed by atoms with van der Waals surface area (Å²) in [6, 6.07) is -0.854. The molecule has 1 amide bonds. The number of carboxylic acids is 1. The molecule has 0 saturated carbocycles. The highest BCUT2D eigenvalue weighted by molar-refractivity contribution is 5.83. The van der Waals surface area contributed by atoms with Crippen LogP contribution in [0.15, 0.2) is 12.2 Å². The molecule has 0 radical (unpaired) electrons. The maximum absolute atomic E-state index is 12.6. The van der Waals surface area contributed by atoms with Gasteiger partial charge in [-0.2, -0.15) is 0 Å². The van der Waals surface area contributed by atoms with Crippen LogP contribution in [-0.2, 0) is 19.1 Å². The summed E-state index contributed by atoms with van der Waals surface area (Å²) in [4.78, 5) is 36.0. The molecule has 7 nitrogen and oxygen atoms in total. The van der Waals surface area contributed by atoms with Crippen molar-refractivity contribution in [2.24, 2.45) is 5.73 Å². The maximum atomic E-state index is 12.6. The molecule has 0 aromatic carbocycles. The van der Waals surface area contributed by atoms with E-state index >= 15 is 0 Å². The Kier molecular flexibility index (Phi) is 31.1. The van der Waals surface area contributed by atoms with Crippen LogP contribution in [0.5, 0.6) is 0 Å². The van der Waals surface area contributed by atoms with E-state index in [1.165, 1.54) is 77.0 Å². The number of carboxylic acid groups (broad SMARTS) is 1. The number of aliphatic carboxylic acids is 1. The normalized spacial score (nSPS) is 12.8. The van der Waals surface area contributed by atoms with E-state index in [9.17, 15) is 19.5 Å². The third-order valence-corrected chi connectivity index (χ3v) is 8.33. The van der Waals surface area contributed by atoms with Crippen molar-refractivity contribution in [3.8, 4) is 0 Å². The highest BCUT2D eigenvalue weighted by Gasteiger charge is 2.19. The van der Waals surface area contributed by atoms with Crippen molar-refractivity contribution in [3.05, 3.63) is 12.2 Å². The first-order chi connectivity index (χ1) is 21.4. The van der Waals surface area contributed by atoms with Gasteiger partial charge in [-0.15, -0.1) is 0 Å². The molecule has 2 atom stereocenters. The second kappa shape index (κ2) is 32.5. The molecule has 4 N–H and O–H groups in total. The highest BCUT2D eigenvalue weighted by Crippen LogP contribution is 2.18. The molecule has 7 heteroatoms. The van der Waals surface area contributed by atoms with Gasteiger partial charge in [0, 0.05) is 12.8 Å². The fraction of sp³-hybridized carbons (Fsp3) is 0.865. The van der Waals surface area contributed by atoms with Crippen molar-refractivity contribution in [1.29, 1.82) is 0 Å². The largest absolute Gasteiger partial charge is 0.480 e. The average molecular weight is 623 g/mol. The van der Waals surface area contributed by atoms with Gasteiger partial charge in [0.25, 0.3) is 0 Å². The lowest BCUT2D eigenvalue weighted by molar-refractivity contribution is -0.150. The van der Waals surface area contributed by atoms with Crippen LogP contribution in [0.25, 0.3) is 0 Å². The van der Waals surface area contributed by atoms with E-state index in [0.29, 0.717) is 32.2 Å². The van der Waals surface area contributed by atoms with Crippen LogP contribution in [0.4, 0.5) is 0 Å².